The van der Waals surface area contributed by atoms with E-state index in [1.165, 1.54) is 18.2 Å². The number of nitrogens with one attached hydrogen (secondary N) is 1. The topological polar surface area (TPSA) is 99.2 Å². The number of hydrogen-bond acceptors (Lipinski definition) is 5. The largest absolute Gasteiger partial charge is 0.398 e. The minimum atomic E-state index is -3.67. The second-order valence-corrected chi connectivity index (χ2v) is 6.14. The number of anilines is 1. The van der Waals surface area contributed by atoms with E-state index in [2.05, 4.69) is 4.83 Å². The highest BCUT2D eigenvalue weighted by Gasteiger charge is 2.22. The van der Waals surface area contributed by atoms with Gasteiger partial charge in [-0.1, -0.05) is 6.42 Å². The molecule has 0 unspecified atom stereocenters. The van der Waals surface area contributed by atoms with Crippen molar-refractivity contribution in [2.75, 3.05) is 18.8 Å². The number of nitrogens with zero attached hydrogens (tertiary/aromatic N) is 2. The lowest BCUT2D eigenvalue weighted by Gasteiger charge is -2.26. The first-order chi connectivity index (χ1) is 9.03. The second-order valence-electron chi connectivity index (χ2n) is 4.51. The van der Waals surface area contributed by atoms with Crippen LogP contribution in [0.2, 0.25) is 0 Å². The summed E-state index contributed by atoms with van der Waals surface area (Å²) in [6.45, 7) is 1.41. The minimum absolute atomic E-state index is 0.0112. The number of nitrogen functional groups attached to an aromatic ring is 1. The number of hydrogen-bond donors (Lipinski definition) is 2. The summed E-state index contributed by atoms with van der Waals surface area (Å²) in [4.78, 5) is 2.54. The molecule has 1 fully saturated rings. The molecule has 0 amide bonds. The van der Waals surface area contributed by atoms with Gasteiger partial charge in [-0.3, -0.25) is 0 Å². The standard InChI is InChI=1S/C12H16N4O2S/c13-9-10-4-5-12(11(14)8-10)19(17,18)15-16-6-2-1-3-7-16/h4-5,8,15H,1-3,6-7,14H2. The second kappa shape index (κ2) is 5.57. The minimum Gasteiger partial charge on any atom is -0.398 e. The number of piperidine rings is 1. The van der Waals surface area contributed by atoms with Crippen LogP contribution in [0.4, 0.5) is 5.69 Å². The van der Waals surface area contributed by atoms with Crippen molar-refractivity contribution < 1.29 is 8.42 Å². The summed E-state index contributed by atoms with van der Waals surface area (Å²) < 4.78 is 24.4. The fourth-order valence-electron chi connectivity index (χ4n) is 2.07. The molecular formula is C12H16N4O2S. The van der Waals surface area contributed by atoms with Crippen LogP contribution in [0.3, 0.4) is 0 Å². The third kappa shape index (κ3) is 3.23. The van der Waals surface area contributed by atoms with Crippen molar-refractivity contribution in [3.8, 4) is 6.07 Å². The molecule has 6 nitrogen and oxygen atoms in total. The Morgan fingerprint density at radius 3 is 2.53 bits per heavy atom. The molecule has 1 heterocycles. The van der Waals surface area contributed by atoms with E-state index in [4.69, 9.17) is 11.0 Å². The molecule has 0 aromatic heterocycles. The Kier molecular flexibility index (Phi) is 4.04. The molecule has 1 aliphatic rings. The number of benzene rings is 1. The number of hydrazine groups is 1. The quantitative estimate of drug-likeness (QED) is 0.799. The van der Waals surface area contributed by atoms with Crippen molar-refractivity contribution in [3.05, 3.63) is 23.8 Å². The molecule has 0 spiro atoms. The first-order valence-electron chi connectivity index (χ1n) is 6.10. The van der Waals surface area contributed by atoms with E-state index >= 15 is 0 Å². The number of rotatable bonds is 3. The first-order valence-corrected chi connectivity index (χ1v) is 7.58. The van der Waals surface area contributed by atoms with Gasteiger partial charge in [0.15, 0.2) is 0 Å². The molecule has 1 aromatic carbocycles. The molecule has 7 heteroatoms. The first kappa shape index (κ1) is 13.8. The average molecular weight is 280 g/mol. The molecule has 19 heavy (non-hydrogen) atoms. The van der Waals surface area contributed by atoms with Crippen LogP contribution >= 0.6 is 0 Å². The van der Waals surface area contributed by atoms with E-state index in [1.807, 2.05) is 6.07 Å². The van der Waals surface area contributed by atoms with Crippen LogP contribution in [-0.2, 0) is 10.0 Å². The number of sulfonamides is 1. The van der Waals surface area contributed by atoms with E-state index in [0.29, 0.717) is 18.7 Å². The van der Waals surface area contributed by atoms with E-state index in [9.17, 15) is 8.42 Å². The van der Waals surface area contributed by atoms with Gasteiger partial charge < -0.3 is 5.73 Å². The normalized spacial score (nSPS) is 17.0. The van der Waals surface area contributed by atoms with Crippen molar-refractivity contribution in [3.63, 3.8) is 0 Å². The Balaban J connectivity index is 2.22. The van der Waals surface area contributed by atoms with Crippen LogP contribution in [0, 0.1) is 11.3 Å². The molecule has 0 saturated carbocycles. The Labute approximate surface area is 112 Å². The van der Waals surface area contributed by atoms with Gasteiger partial charge in [-0.2, -0.15) is 5.26 Å². The van der Waals surface area contributed by atoms with Crippen molar-refractivity contribution in [1.82, 2.24) is 9.84 Å². The van der Waals surface area contributed by atoms with Gasteiger partial charge in [0.05, 0.1) is 17.3 Å². The van der Waals surface area contributed by atoms with Crippen molar-refractivity contribution in [2.24, 2.45) is 0 Å². The van der Waals surface area contributed by atoms with Gasteiger partial charge in [-0.25, -0.2) is 13.4 Å². The molecule has 3 N–H and O–H groups in total. The van der Waals surface area contributed by atoms with Crippen LogP contribution in [0.25, 0.3) is 0 Å². The third-order valence-corrected chi connectivity index (χ3v) is 4.48. The molecule has 1 aromatic rings. The van der Waals surface area contributed by atoms with Gasteiger partial charge in [0.25, 0.3) is 10.0 Å². The van der Waals surface area contributed by atoms with Crippen LogP contribution in [0.1, 0.15) is 24.8 Å². The van der Waals surface area contributed by atoms with Crippen LogP contribution in [0.15, 0.2) is 23.1 Å². The van der Waals surface area contributed by atoms with Crippen molar-refractivity contribution in [2.45, 2.75) is 24.2 Å². The molecule has 1 saturated heterocycles. The predicted octanol–water partition coefficient (Wildman–Crippen LogP) is 0.820. The van der Waals surface area contributed by atoms with E-state index in [0.717, 1.165) is 19.3 Å². The summed E-state index contributed by atoms with van der Waals surface area (Å²) in [7, 11) is -3.67. The van der Waals surface area contributed by atoms with E-state index < -0.39 is 10.0 Å². The van der Waals surface area contributed by atoms with Gasteiger partial charge in [0.2, 0.25) is 0 Å². The summed E-state index contributed by atoms with van der Waals surface area (Å²) in [5.41, 5.74) is 6.13. The summed E-state index contributed by atoms with van der Waals surface area (Å²) in [6.07, 6.45) is 3.08. The summed E-state index contributed by atoms with van der Waals surface area (Å²) in [5.74, 6) is 0. The maximum absolute atomic E-state index is 12.2. The van der Waals surface area contributed by atoms with E-state index in [1.54, 1.807) is 5.01 Å². The highest BCUT2D eigenvalue weighted by Crippen LogP contribution is 2.20. The van der Waals surface area contributed by atoms with E-state index in [-0.39, 0.29) is 10.6 Å². The molecule has 2 rings (SSSR count). The Bertz CT molecular complexity index is 601. The Morgan fingerprint density at radius 1 is 1.26 bits per heavy atom. The maximum atomic E-state index is 12.2. The van der Waals surface area contributed by atoms with Crippen LogP contribution in [0.5, 0.6) is 0 Å². The lowest BCUT2D eigenvalue weighted by atomic mass is 10.2. The predicted molar refractivity (Wildman–Crippen MR) is 71.3 cm³/mol. The Morgan fingerprint density at radius 2 is 1.95 bits per heavy atom. The fraction of sp³-hybridized carbons (Fsp3) is 0.417. The van der Waals surface area contributed by atoms with Crippen molar-refractivity contribution in [1.29, 1.82) is 5.26 Å². The highest BCUT2D eigenvalue weighted by atomic mass is 32.2. The smallest absolute Gasteiger partial charge is 0.255 e. The van der Waals surface area contributed by atoms with Crippen molar-refractivity contribution >= 4 is 15.7 Å². The zero-order chi connectivity index (χ0) is 13.9. The maximum Gasteiger partial charge on any atom is 0.255 e. The molecule has 0 radical (unpaired) electrons. The molecule has 102 valence electrons. The number of nitriles is 1. The molecule has 0 aliphatic carbocycles. The third-order valence-electron chi connectivity index (χ3n) is 3.03. The molecule has 0 atom stereocenters. The number of nitrogens with two attached hydrogens (primary N) is 1. The summed E-state index contributed by atoms with van der Waals surface area (Å²) >= 11 is 0. The van der Waals surface area contributed by atoms with Gasteiger partial charge in [-0.05, 0) is 31.0 Å². The SMILES string of the molecule is N#Cc1ccc(S(=O)(=O)NN2CCCCC2)c(N)c1. The highest BCUT2D eigenvalue weighted by molar-refractivity contribution is 7.89. The van der Waals surface area contributed by atoms with Gasteiger partial charge in [0.1, 0.15) is 4.90 Å². The molecular weight excluding hydrogens is 264 g/mol. The monoisotopic (exact) mass is 280 g/mol. The van der Waals surface area contributed by atoms with Gasteiger partial charge >= 0.3 is 0 Å². The Hall–Kier alpha value is -1.62. The fourth-order valence-corrected chi connectivity index (χ4v) is 3.30. The van der Waals surface area contributed by atoms with Crippen LogP contribution < -0.4 is 10.6 Å². The molecule has 0 bridgehead atoms. The zero-order valence-corrected chi connectivity index (χ0v) is 11.3. The summed E-state index contributed by atoms with van der Waals surface area (Å²) in [5, 5.41) is 10.4. The lowest BCUT2D eigenvalue weighted by molar-refractivity contribution is 0.200. The lowest BCUT2D eigenvalue weighted by Crippen LogP contribution is -2.45. The zero-order valence-electron chi connectivity index (χ0n) is 10.5. The van der Waals surface area contributed by atoms with Gasteiger partial charge in [-0.15, -0.1) is 4.83 Å². The molecule has 1 aliphatic heterocycles. The average Bonchev–Trinajstić information content (AvgIpc) is 2.38. The summed E-state index contributed by atoms with van der Waals surface area (Å²) in [6, 6.07) is 6.09. The van der Waals surface area contributed by atoms with Crippen LogP contribution in [-0.4, -0.2) is 26.5 Å². The van der Waals surface area contributed by atoms with Gasteiger partial charge in [0, 0.05) is 13.1 Å².